The Kier molecular flexibility index (Phi) is 7.55. The van der Waals surface area contributed by atoms with Gasteiger partial charge in [0.25, 0.3) is 5.91 Å². The van der Waals surface area contributed by atoms with Crippen LogP contribution in [0.2, 0.25) is 0 Å². The van der Waals surface area contributed by atoms with Crippen molar-refractivity contribution in [3.63, 3.8) is 0 Å². The zero-order valence-electron chi connectivity index (χ0n) is 12.4. The van der Waals surface area contributed by atoms with E-state index in [4.69, 9.17) is 4.74 Å². The van der Waals surface area contributed by atoms with Gasteiger partial charge in [0.15, 0.2) is 17.7 Å². The number of amides is 1. The van der Waals surface area contributed by atoms with Crippen LogP contribution in [0.1, 0.15) is 19.8 Å². The second-order valence-electron chi connectivity index (χ2n) is 5.27. The van der Waals surface area contributed by atoms with Crippen molar-refractivity contribution in [3.8, 4) is 5.75 Å². The van der Waals surface area contributed by atoms with Gasteiger partial charge in [-0.25, -0.2) is 8.78 Å². The van der Waals surface area contributed by atoms with E-state index in [1.807, 2.05) is 0 Å². The van der Waals surface area contributed by atoms with Crippen LogP contribution in [0.4, 0.5) is 8.78 Å². The summed E-state index contributed by atoms with van der Waals surface area (Å²) in [6.07, 6.45) is 1.31. The third-order valence-electron chi connectivity index (χ3n) is 3.59. The molecule has 0 aliphatic carbocycles. The third-order valence-corrected chi connectivity index (χ3v) is 3.59. The van der Waals surface area contributed by atoms with Crippen LogP contribution < -0.4 is 15.4 Å². The highest BCUT2D eigenvalue weighted by Gasteiger charge is 2.17. The Hall–Kier alpha value is -1.40. The molecule has 0 bridgehead atoms. The quantitative estimate of drug-likeness (QED) is 0.839. The molecule has 1 aromatic carbocycles. The lowest BCUT2D eigenvalue weighted by molar-refractivity contribution is -0.127. The van der Waals surface area contributed by atoms with Gasteiger partial charge in [-0.05, 0) is 50.9 Å². The van der Waals surface area contributed by atoms with Crippen LogP contribution >= 0.6 is 12.4 Å². The molecule has 124 valence electrons. The fourth-order valence-corrected chi connectivity index (χ4v) is 2.31. The van der Waals surface area contributed by atoms with Crippen molar-refractivity contribution < 1.29 is 18.3 Å². The maximum absolute atomic E-state index is 13.0. The normalized spacial score (nSPS) is 18.4. The van der Waals surface area contributed by atoms with Crippen molar-refractivity contribution in [1.82, 2.24) is 10.6 Å². The summed E-state index contributed by atoms with van der Waals surface area (Å²) in [6, 6.07) is 3.21. The Bertz CT molecular complexity index is 496. The molecule has 2 rings (SSSR count). The number of halogens is 3. The molecule has 1 aliphatic rings. The predicted octanol–water partition coefficient (Wildman–Crippen LogP) is 2.27. The number of carbonyl (C=O) groups is 1. The second-order valence-corrected chi connectivity index (χ2v) is 5.27. The van der Waals surface area contributed by atoms with Gasteiger partial charge < -0.3 is 15.4 Å². The smallest absolute Gasteiger partial charge is 0.260 e. The number of hydrogen-bond acceptors (Lipinski definition) is 3. The highest BCUT2D eigenvalue weighted by atomic mass is 35.5. The number of nitrogens with one attached hydrogen (secondary N) is 2. The summed E-state index contributed by atoms with van der Waals surface area (Å²) < 4.78 is 31.1. The van der Waals surface area contributed by atoms with E-state index in [1.54, 1.807) is 6.92 Å². The molecule has 1 aromatic rings. The maximum atomic E-state index is 13.0. The van der Waals surface area contributed by atoms with Gasteiger partial charge in [-0.15, -0.1) is 12.4 Å². The van der Waals surface area contributed by atoms with E-state index in [1.165, 1.54) is 6.07 Å². The summed E-state index contributed by atoms with van der Waals surface area (Å²) in [5.41, 5.74) is 0. The molecule has 1 amide bonds. The molecule has 1 aliphatic heterocycles. The van der Waals surface area contributed by atoms with Crippen LogP contribution in [-0.4, -0.2) is 31.6 Å². The fourth-order valence-electron chi connectivity index (χ4n) is 2.31. The molecule has 2 unspecified atom stereocenters. The molecule has 0 saturated carbocycles. The minimum absolute atomic E-state index is 0. The zero-order chi connectivity index (χ0) is 15.2. The Labute approximate surface area is 135 Å². The molecule has 22 heavy (non-hydrogen) atoms. The van der Waals surface area contributed by atoms with Crippen molar-refractivity contribution in [3.05, 3.63) is 29.8 Å². The van der Waals surface area contributed by atoms with Crippen LogP contribution in [0, 0.1) is 17.6 Å². The Balaban J connectivity index is 0.00000242. The molecular weight excluding hydrogens is 314 g/mol. The van der Waals surface area contributed by atoms with E-state index >= 15 is 0 Å². The average molecular weight is 335 g/mol. The first-order chi connectivity index (χ1) is 10.1. The van der Waals surface area contributed by atoms with Crippen LogP contribution in [-0.2, 0) is 4.79 Å². The van der Waals surface area contributed by atoms with Gasteiger partial charge in [-0.3, -0.25) is 4.79 Å². The Morgan fingerprint density at radius 1 is 1.45 bits per heavy atom. The van der Waals surface area contributed by atoms with E-state index in [2.05, 4.69) is 10.6 Å². The van der Waals surface area contributed by atoms with Gasteiger partial charge in [-0.2, -0.15) is 0 Å². The van der Waals surface area contributed by atoms with Gasteiger partial charge in [-0.1, -0.05) is 0 Å². The van der Waals surface area contributed by atoms with Crippen molar-refractivity contribution >= 4 is 18.3 Å². The predicted molar refractivity (Wildman–Crippen MR) is 82.3 cm³/mol. The van der Waals surface area contributed by atoms with Gasteiger partial charge in [0, 0.05) is 12.6 Å². The molecule has 7 heteroatoms. The molecule has 2 atom stereocenters. The lowest BCUT2D eigenvalue weighted by atomic mass is 10.1. The minimum atomic E-state index is -0.992. The molecular formula is C15H21ClF2N2O2. The summed E-state index contributed by atoms with van der Waals surface area (Å²) in [4.78, 5) is 11.9. The van der Waals surface area contributed by atoms with Gasteiger partial charge in [0.1, 0.15) is 5.75 Å². The summed E-state index contributed by atoms with van der Waals surface area (Å²) in [5.74, 6) is -1.45. The summed E-state index contributed by atoms with van der Waals surface area (Å²) in [7, 11) is 0. The molecule has 2 N–H and O–H groups in total. The number of benzene rings is 1. The number of ether oxygens (including phenoxy) is 1. The summed E-state index contributed by atoms with van der Waals surface area (Å²) in [6.45, 7) is 4.20. The van der Waals surface area contributed by atoms with E-state index in [9.17, 15) is 13.6 Å². The highest BCUT2D eigenvalue weighted by molar-refractivity contribution is 5.85. The van der Waals surface area contributed by atoms with E-state index < -0.39 is 17.7 Å². The second kappa shape index (κ2) is 8.90. The Morgan fingerprint density at radius 2 is 2.23 bits per heavy atom. The van der Waals surface area contributed by atoms with Crippen LogP contribution in [0.25, 0.3) is 0 Å². The largest absolute Gasteiger partial charge is 0.481 e. The molecule has 4 nitrogen and oxygen atoms in total. The first kappa shape index (κ1) is 18.6. The average Bonchev–Trinajstić information content (AvgIpc) is 2.96. The molecule has 1 heterocycles. The molecule has 1 fully saturated rings. The molecule has 1 saturated heterocycles. The van der Waals surface area contributed by atoms with E-state index in [0.717, 1.165) is 38.1 Å². The SMILES string of the molecule is CC(Oc1ccc(F)c(F)c1)C(=O)NCCC1CCNC1.Cl. The van der Waals surface area contributed by atoms with Gasteiger partial charge >= 0.3 is 0 Å². The number of carbonyl (C=O) groups excluding carboxylic acids is 1. The van der Waals surface area contributed by atoms with Crippen molar-refractivity contribution in [1.29, 1.82) is 0 Å². The van der Waals surface area contributed by atoms with Crippen LogP contribution in [0.15, 0.2) is 18.2 Å². The topological polar surface area (TPSA) is 50.4 Å². The maximum Gasteiger partial charge on any atom is 0.260 e. The number of hydrogen-bond donors (Lipinski definition) is 2. The monoisotopic (exact) mass is 334 g/mol. The highest BCUT2D eigenvalue weighted by Crippen LogP contribution is 2.17. The standard InChI is InChI=1S/C15H20F2N2O2.ClH/c1-10(21-12-2-3-13(16)14(17)8-12)15(20)19-7-5-11-4-6-18-9-11;/h2-3,8,10-11,18H,4-7,9H2,1H3,(H,19,20);1H. The zero-order valence-corrected chi connectivity index (χ0v) is 13.2. The lowest BCUT2D eigenvalue weighted by Gasteiger charge is -2.15. The molecule has 0 aromatic heterocycles. The first-order valence-electron chi connectivity index (χ1n) is 7.16. The van der Waals surface area contributed by atoms with E-state index in [-0.39, 0.29) is 24.1 Å². The first-order valence-corrected chi connectivity index (χ1v) is 7.16. The lowest BCUT2D eigenvalue weighted by Crippen LogP contribution is -2.37. The van der Waals surface area contributed by atoms with Crippen LogP contribution in [0.5, 0.6) is 5.75 Å². The summed E-state index contributed by atoms with van der Waals surface area (Å²) in [5, 5.41) is 6.07. The van der Waals surface area contributed by atoms with Crippen LogP contribution in [0.3, 0.4) is 0 Å². The fraction of sp³-hybridized carbons (Fsp3) is 0.533. The van der Waals surface area contributed by atoms with Crippen molar-refractivity contribution in [2.45, 2.75) is 25.9 Å². The van der Waals surface area contributed by atoms with Gasteiger partial charge in [0.05, 0.1) is 0 Å². The molecule has 0 radical (unpaired) electrons. The number of rotatable bonds is 6. The minimum Gasteiger partial charge on any atom is -0.481 e. The summed E-state index contributed by atoms with van der Waals surface area (Å²) >= 11 is 0. The van der Waals surface area contributed by atoms with Gasteiger partial charge in [0.2, 0.25) is 0 Å². The van der Waals surface area contributed by atoms with Crippen molar-refractivity contribution in [2.24, 2.45) is 5.92 Å². The van der Waals surface area contributed by atoms with E-state index in [0.29, 0.717) is 12.5 Å². The van der Waals surface area contributed by atoms with Crippen molar-refractivity contribution in [2.75, 3.05) is 19.6 Å². The third kappa shape index (κ3) is 5.42. The molecule has 0 spiro atoms. The Morgan fingerprint density at radius 3 is 2.86 bits per heavy atom.